The van der Waals surface area contributed by atoms with Crippen LogP contribution in [0.2, 0.25) is 5.02 Å². The summed E-state index contributed by atoms with van der Waals surface area (Å²) in [5, 5.41) is 3.57. The number of hydrogen-bond donors (Lipinski definition) is 1. The Hall–Kier alpha value is -2.31. The molecule has 1 N–H and O–H groups in total. The molecule has 0 saturated carbocycles. The Morgan fingerprint density at radius 1 is 1.23 bits per heavy atom. The van der Waals surface area contributed by atoms with Crippen LogP contribution in [0.5, 0.6) is 5.75 Å². The largest absolute Gasteiger partial charge is 0.479 e. The predicted molar refractivity (Wildman–Crippen MR) is 102 cm³/mol. The summed E-state index contributed by atoms with van der Waals surface area (Å²) in [4.78, 5) is 20.9. The first kappa shape index (κ1) is 17.1. The van der Waals surface area contributed by atoms with Gasteiger partial charge in [0, 0.05) is 38.9 Å². The highest BCUT2D eigenvalue weighted by Crippen LogP contribution is 2.31. The Labute approximate surface area is 157 Å². The number of fused-ring (bicyclic) bond motifs is 1. The Morgan fingerprint density at radius 3 is 2.77 bits per heavy atom. The molecule has 1 aromatic heterocycles. The van der Waals surface area contributed by atoms with Gasteiger partial charge in [0.05, 0.1) is 10.7 Å². The highest BCUT2D eigenvalue weighted by Gasteiger charge is 2.24. The normalized spacial score (nSPS) is 20.3. The second-order valence-corrected chi connectivity index (χ2v) is 7.11. The van der Waals surface area contributed by atoms with Crippen LogP contribution < -0.4 is 15.0 Å². The third-order valence-corrected chi connectivity index (χ3v) is 5.01. The van der Waals surface area contributed by atoms with E-state index in [1.54, 1.807) is 13.1 Å². The fourth-order valence-corrected chi connectivity index (χ4v) is 3.41. The quantitative estimate of drug-likeness (QED) is 0.897. The minimum absolute atomic E-state index is 0.0984. The van der Waals surface area contributed by atoms with E-state index < -0.39 is 6.10 Å². The van der Waals surface area contributed by atoms with Crippen molar-refractivity contribution in [3.05, 3.63) is 47.1 Å². The molecular weight excluding hydrogens is 352 g/mol. The maximum atomic E-state index is 11.8. The highest BCUT2D eigenvalue weighted by molar-refractivity contribution is 6.30. The van der Waals surface area contributed by atoms with Crippen molar-refractivity contribution in [2.45, 2.75) is 19.6 Å². The third-order valence-electron chi connectivity index (χ3n) is 4.79. The fraction of sp³-hybridized carbons (Fsp3) is 0.368. The smallest absolute Gasteiger partial charge is 0.265 e. The number of amides is 1. The molecule has 2 aliphatic heterocycles. The van der Waals surface area contributed by atoms with E-state index in [-0.39, 0.29) is 5.91 Å². The Balaban J connectivity index is 1.37. The summed E-state index contributed by atoms with van der Waals surface area (Å²) in [5.41, 5.74) is 1.93. The number of ether oxygens (including phenoxy) is 1. The average Bonchev–Trinajstić information content (AvgIpc) is 2.64. The van der Waals surface area contributed by atoms with Crippen LogP contribution in [0.1, 0.15) is 12.5 Å². The van der Waals surface area contributed by atoms with Gasteiger partial charge in [0.15, 0.2) is 6.10 Å². The maximum Gasteiger partial charge on any atom is 0.265 e. The van der Waals surface area contributed by atoms with Gasteiger partial charge in [-0.3, -0.25) is 9.69 Å². The topological polar surface area (TPSA) is 57.7 Å². The number of aromatic nitrogens is 1. The molecule has 1 fully saturated rings. The number of hydrogen-bond acceptors (Lipinski definition) is 5. The number of anilines is 2. The molecule has 0 bridgehead atoms. The molecule has 136 valence electrons. The molecule has 2 aromatic rings. The van der Waals surface area contributed by atoms with Gasteiger partial charge in [-0.15, -0.1) is 0 Å². The van der Waals surface area contributed by atoms with E-state index in [0.717, 1.165) is 50.0 Å². The molecule has 1 aromatic carbocycles. The summed E-state index contributed by atoms with van der Waals surface area (Å²) >= 11 is 5.91. The summed E-state index contributed by atoms with van der Waals surface area (Å²) in [6, 6.07) is 9.85. The van der Waals surface area contributed by atoms with Crippen LogP contribution in [0, 0.1) is 0 Å². The zero-order chi connectivity index (χ0) is 18.1. The van der Waals surface area contributed by atoms with Crippen molar-refractivity contribution in [2.24, 2.45) is 0 Å². The van der Waals surface area contributed by atoms with Gasteiger partial charge in [0.2, 0.25) is 0 Å². The Morgan fingerprint density at radius 2 is 2.04 bits per heavy atom. The second-order valence-electron chi connectivity index (χ2n) is 6.68. The van der Waals surface area contributed by atoms with Gasteiger partial charge in [-0.1, -0.05) is 17.7 Å². The van der Waals surface area contributed by atoms with Crippen molar-refractivity contribution in [3.8, 4) is 5.75 Å². The molecule has 0 aliphatic carbocycles. The molecule has 2 aliphatic rings. The van der Waals surface area contributed by atoms with E-state index in [4.69, 9.17) is 16.3 Å². The van der Waals surface area contributed by atoms with E-state index in [2.05, 4.69) is 26.2 Å². The SMILES string of the molecule is CC1Oc2ccc(CN3CCN(c4ccc(Cl)cn4)CC3)cc2NC1=O. The van der Waals surface area contributed by atoms with E-state index in [1.807, 2.05) is 24.3 Å². The van der Waals surface area contributed by atoms with Crippen molar-refractivity contribution in [2.75, 3.05) is 36.4 Å². The highest BCUT2D eigenvalue weighted by atomic mass is 35.5. The van der Waals surface area contributed by atoms with Gasteiger partial charge in [0.25, 0.3) is 5.91 Å². The van der Waals surface area contributed by atoms with E-state index in [0.29, 0.717) is 5.02 Å². The summed E-state index contributed by atoms with van der Waals surface area (Å²) in [5.74, 6) is 1.61. The molecule has 4 rings (SSSR count). The van der Waals surface area contributed by atoms with Crippen LogP contribution >= 0.6 is 11.6 Å². The first-order valence-electron chi connectivity index (χ1n) is 8.78. The zero-order valence-electron chi connectivity index (χ0n) is 14.6. The Kier molecular flexibility index (Phi) is 4.70. The van der Waals surface area contributed by atoms with Gasteiger partial charge in [-0.25, -0.2) is 4.98 Å². The number of halogens is 1. The van der Waals surface area contributed by atoms with Crippen molar-refractivity contribution in [1.82, 2.24) is 9.88 Å². The van der Waals surface area contributed by atoms with Crippen LogP contribution in [0.25, 0.3) is 0 Å². The monoisotopic (exact) mass is 372 g/mol. The lowest BCUT2D eigenvalue weighted by Gasteiger charge is -2.35. The molecule has 7 heteroatoms. The van der Waals surface area contributed by atoms with Crippen LogP contribution in [-0.2, 0) is 11.3 Å². The number of pyridine rings is 1. The number of benzene rings is 1. The zero-order valence-corrected chi connectivity index (χ0v) is 15.4. The van der Waals surface area contributed by atoms with E-state index in [1.165, 1.54) is 5.56 Å². The molecule has 1 saturated heterocycles. The maximum absolute atomic E-state index is 11.8. The van der Waals surface area contributed by atoms with E-state index in [9.17, 15) is 4.79 Å². The lowest BCUT2D eigenvalue weighted by atomic mass is 10.1. The summed E-state index contributed by atoms with van der Waals surface area (Å²) in [6.45, 7) is 6.37. The second kappa shape index (κ2) is 7.13. The van der Waals surface area contributed by atoms with Crippen LogP contribution in [0.3, 0.4) is 0 Å². The number of piperazine rings is 1. The molecule has 1 atom stereocenters. The molecule has 1 amide bonds. The lowest BCUT2D eigenvalue weighted by Crippen LogP contribution is -2.46. The standard InChI is InChI=1S/C19H21ClN4O2/c1-13-19(25)22-16-10-14(2-4-17(16)26-13)12-23-6-8-24(9-7-23)18-5-3-15(20)11-21-18/h2-5,10-11,13H,6-9,12H2,1H3,(H,22,25). The first-order chi connectivity index (χ1) is 12.6. The van der Waals surface area contributed by atoms with Crippen LogP contribution in [0.4, 0.5) is 11.5 Å². The summed E-state index contributed by atoms with van der Waals surface area (Å²) in [6.07, 6.45) is 1.25. The third kappa shape index (κ3) is 3.61. The fourth-order valence-electron chi connectivity index (χ4n) is 3.30. The molecule has 3 heterocycles. The summed E-state index contributed by atoms with van der Waals surface area (Å²) in [7, 11) is 0. The van der Waals surface area contributed by atoms with Crippen molar-refractivity contribution >= 4 is 29.0 Å². The average molecular weight is 373 g/mol. The molecule has 1 unspecified atom stereocenters. The number of nitrogens with one attached hydrogen (secondary N) is 1. The number of nitrogens with zero attached hydrogens (tertiary/aromatic N) is 3. The molecule has 0 radical (unpaired) electrons. The van der Waals surface area contributed by atoms with Gasteiger partial charge >= 0.3 is 0 Å². The van der Waals surface area contributed by atoms with Crippen molar-refractivity contribution < 1.29 is 9.53 Å². The molecule has 26 heavy (non-hydrogen) atoms. The van der Waals surface area contributed by atoms with Gasteiger partial charge in [-0.2, -0.15) is 0 Å². The van der Waals surface area contributed by atoms with Crippen molar-refractivity contribution in [1.29, 1.82) is 0 Å². The minimum atomic E-state index is -0.442. The Bertz CT molecular complexity index is 804. The number of carbonyl (C=O) groups excluding carboxylic acids is 1. The summed E-state index contributed by atoms with van der Waals surface area (Å²) < 4.78 is 5.61. The minimum Gasteiger partial charge on any atom is -0.479 e. The van der Waals surface area contributed by atoms with Gasteiger partial charge < -0.3 is 15.0 Å². The van der Waals surface area contributed by atoms with Crippen LogP contribution in [0.15, 0.2) is 36.5 Å². The van der Waals surface area contributed by atoms with Crippen molar-refractivity contribution in [3.63, 3.8) is 0 Å². The number of rotatable bonds is 3. The first-order valence-corrected chi connectivity index (χ1v) is 9.15. The van der Waals surface area contributed by atoms with E-state index >= 15 is 0 Å². The lowest BCUT2D eigenvalue weighted by molar-refractivity contribution is -0.122. The van der Waals surface area contributed by atoms with Gasteiger partial charge in [-0.05, 0) is 36.8 Å². The predicted octanol–water partition coefficient (Wildman–Crippen LogP) is 2.78. The number of carbonyl (C=O) groups is 1. The van der Waals surface area contributed by atoms with Crippen LogP contribution in [-0.4, -0.2) is 48.1 Å². The molecular formula is C19H21ClN4O2. The molecule has 0 spiro atoms. The van der Waals surface area contributed by atoms with Gasteiger partial charge in [0.1, 0.15) is 11.6 Å². The molecule has 6 nitrogen and oxygen atoms in total.